The van der Waals surface area contributed by atoms with Crippen molar-refractivity contribution < 1.29 is 9.47 Å². The van der Waals surface area contributed by atoms with E-state index in [1.807, 2.05) is 0 Å². The fraction of sp³-hybridized carbons (Fsp3) is 0.455. The van der Waals surface area contributed by atoms with Gasteiger partial charge >= 0.3 is 0 Å². The molecule has 3 aliphatic rings. The van der Waals surface area contributed by atoms with E-state index in [1.54, 1.807) is 0 Å². The molecule has 1 saturated heterocycles. The van der Waals surface area contributed by atoms with E-state index >= 15 is 0 Å². The van der Waals surface area contributed by atoms with Crippen molar-refractivity contribution in [2.45, 2.75) is 49.7 Å². The predicted molar refractivity (Wildman–Crippen MR) is 94.4 cm³/mol. The lowest BCUT2D eigenvalue weighted by Crippen LogP contribution is -2.31. The molecule has 2 heteroatoms. The van der Waals surface area contributed by atoms with Crippen LogP contribution >= 0.6 is 0 Å². The summed E-state index contributed by atoms with van der Waals surface area (Å²) >= 11 is 0. The molecule has 0 bridgehead atoms. The molecule has 2 nitrogen and oxygen atoms in total. The Morgan fingerprint density at radius 1 is 0.667 bits per heavy atom. The minimum Gasteiger partial charge on any atom is -0.376 e. The van der Waals surface area contributed by atoms with E-state index in [4.69, 9.17) is 9.47 Å². The molecule has 2 aromatic carbocycles. The molecule has 0 unspecified atom stereocenters. The number of rotatable bonds is 2. The lowest BCUT2D eigenvalue weighted by molar-refractivity contribution is 0.00312. The van der Waals surface area contributed by atoms with Crippen LogP contribution < -0.4 is 0 Å². The Morgan fingerprint density at radius 3 is 1.42 bits per heavy atom. The normalized spacial score (nSPS) is 36.9. The van der Waals surface area contributed by atoms with E-state index in [2.05, 4.69) is 62.4 Å². The zero-order valence-electron chi connectivity index (χ0n) is 14.4. The summed E-state index contributed by atoms with van der Waals surface area (Å²) < 4.78 is 12.8. The first-order valence-electron chi connectivity index (χ1n) is 9.00. The fourth-order valence-corrected chi connectivity index (χ4v) is 4.33. The van der Waals surface area contributed by atoms with Crippen LogP contribution in [0.2, 0.25) is 0 Å². The van der Waals surface area contributed by atoms with Gasteiger partial charge < -0.3 is 9.47 Å². The number of aryl methyl sites for hydroxylation is 2. The van der Waals surface area contributed by atoms with Crippen LogP contribution in [-0.2, 0) is 20.3 Å². The highest BCUT2D eigenvalue weighted by Crippen LogP contribution is 2.58. The molecule has 0 aromatic heterocycles. The first kappa shape index (κ1) is 14.7. The van der Waals surface area contributed by atoms with E-state index in [9.17, 15) is 0 Å². The molecule has 5 rings (SSSR count). The number of fused-ring (bicyclic) bond motifs is 2. The van der Waals surface area contributed by atoms with Gasteiger partial charge in [0.05, 0.1) is 25.4 Å². The highest BCUT2D eigenvalue weighted by molar-refractivity contribution is 5.40. The smallest absolute Gasteiger partial charge is 0.0705 e. The number of benzene rings is 2. The SMILES string of the molecule is Cc1ccc([C@]23CO[C@@H]4C[C@]4(c4ccc(C)cc4)CO[C@H]2C3)cc1. The molecule has 3 fully saturated rings. The summed E-state index contributed by atoms with van der Waals surface area (Å²) in [6.07, 6.45) is 2.80. The molecule has 24 heavy (non-hydrogen) atoms. The Morgan fingerprint density at radius 2 is 1.04 bits per heavy atom. The molecular weight excluding hydrogens is 296 g/mol. The quantitative estimate of drug-likeness (QED) is 0.830. The second-order valence-corrected chi connectivity index (χ2v) is 8.05. The van der Waals surface area contributed by atoms with Crippen LogP contribution in [0.1, 0.15) is 35.1 Å². The van der Waals surface area contributed by atoms with Gasteiger partial charge in [-0.1, -0.05) is 59.7 Å². The Balaban J connectivity index is 1.38. The molecule has 0 radical (unpaired) electrons. The lowest BCUT2D eigenvalue weighted by Gasteiger charge is -2.26. The van der Waals surface area contributed by atoms with Crippen LogP contribution in [0.15, 0.2) is 48.5 Å². The zero-order chi connectivity index (χ0) is 16.4. The van der Waals surface area contributed by atoms with Gasteiger partial charge in [-0.25, -0.2) is 0 Å². The maximum absolute atomic E-state index is 6.41. The highest BCUT2D eigenvalue weighted by Gasteiger charge is 2.65. The van der Waals surface area contributed by atoms with Crippen LogP contribution in [0.3, 0.4) is 0 Å². The predicted octanol–water partition coefficient (Wildman–Crippen LogP) is 4.07. The molecule has 2 aromatic rings. The Kier molecular flexibility index (Phi) is 3.02. The van der Waals surface area contributed by atoms with Gasteiger partial charge in [0, 0.05) is 10.8 Å². The minimum atomic E-state index is 0.0930. The van der Waals surface area contributed by atoms with E-state index in [1.165, 1.54) is 22.3 Å². The topological polar surface area (TPSA) is 18.5 Å². The Bertz CT molecular complexity index is 696. The van der Waals surface area contributed by atoms with Crippen LogP contribution in [0.5, 0.6) is 0 Å². The molecule has 1 heterocycles. The van der Waals surface area contributed by atoms with Gasteiger partial charge in [-0.3, -0.25) is 0 Å². The van der Waals surface area contributed by atoms with Crippen LogP contribution in [0.25, 0.3) is 0 Å². The van der Waals surface area contributed by atoms with Gasteiger partial charge in [0.25, 0.3) is 0 Å². The monoisotopic (exact) mass is 320 g/mol. The summed E-state index contributed by atoms with van der Waals surface area (Å²) in [6.45, 7) is 5.85. The first-order chi connectivity index (χ1) is 11.6. The summed E-state index contributed by atoms with van der Waals surface area (Å²) in [5.74, 6) is 0. The third-order valence-corrected chi connectivity index (χ3v) is 6.35. The summed E-state index contributed by atoms with van der Waals surface area (Å²) in [4.78, 5) is 0. The maximum Gasteiger partial charge on any atom is 0.0705 e. The van der Waals surface area contributed by atoms with Gasteiger partial charge in [0.1, 0.15) is 0 Å². The maximum atomic E-state index is 6.41. The molecule has 2 saturated carbocycles. The van der Waals surface area contributed by atoms with Gasteiger partial charge in [-0.15, -0.1) is 0 Å². The average Bonchev–Trinajstić information content (AvgIpc) is 3.46. The molecule has 124 valence electrons. The van der Waals surface area contributed by atoms with Crippen molar-refractivity contribution in [2.24, 2.45) is 0 Å². The second-order valence-electron chi connectivity index (χ2n) is 8.05. The van der Waals surface area contributed by atoms with Gasteiger partial charge in [-0.2, -0.15) is 0 Å². The number of hydrogen-bond acceptors (Lipinski definition) is 2. The van der Waals surface area contributed by atoms with Gasteiger partial charge in [0.2, 0.25) is 0 Å². The summed E-state index contributed by atoms with van der Waals surface area (Å²) in [6, 6.07) is 17.8. The van der Waals surface area contributed by atoms with Crippen molar-refractivity contribution in [1.82, 2.24) is 0 Å². The summed E-state index contributed by atoms with van der Waals surface area (Å²) in [5, 5.41) is 0. The van der Waals surface area contributed by atoms with Crippen molar-refractivity contribution in [3.8, 4) is 0 Å². The summed E-state index contributed by atoms with van der Waals surface area (Å²) in [7, 11) is 0. The molecular formula is C22H24O2. The molecule has 0 spiro atoms. The van der Waals surface area contributed by atoms with E-state index in [-0.39, 0.29) is 10.8 Å². The van der Waals surface area contributed by atoms with E-state index in [0.29, 0.717) is 12.2 Å². The minimum absolute atomic E-state index is 0.0930. The number of hydrogen-bond donors (Lipinski definition) is 0. The highest BCUT2D eigenvalue weighted by atomic mass is 16.5. The first-order valence-corrected chi connectivity index (χ1v) is 9.00. The Labute approximate surface area is 143 Å². The van der Waals surface area contributed by atoms with Crippen LogP contribution in [-0.4, -0.2) is 25.4 Å². The third-order valence-electron chi connectivity index (χ3n) is 6.35. The van der Waals surface area contributed by atoms with Crippen molar-refractivity contribution in [1.29, 1.82) is 0 Å². The van der Waals surface area contributed by atoms with Crippen LogP contribution in [0.4, 0.5) is 0 Å². The standard InChI is InChI=1S/C22H24O2/c1-15-3-7-17(8-4-15)21-11-19(21)24-14-22(12-20(22)23-13-21)18-9-5-16(2)6-10-18/h3-10,19-20H,11-14H2,1-2H3/t19-,20+,21-,22+. The molecule has 0 amide bonds. The van der Waals surface area contributed by atoms with Crippen LogP contribution in [0, 0.1) is 13.8 Å². The van der Waals surface area contributed by atoms with E-state index < -0.39 is 0 Å². The van der Waals surface area contributed by atoms with Gasteiger partial charge in [-0.05, 0) is 37.8 Å². The van der Waals surface area contributed by atoms with Crippen molar-refractivity contribution >= 4 is 0 Å². The average molecular weight is 320 g/mol. The van der Waals surface area contributed by atoms with Crippen molar-refractivity contribution in [3.63, 3.8) is 0 Å². The van der Waals surface area contributed by atoms with Crippen molar-refractivity contribution in [3.05, 3.63) is 70.8 Å². The lowest BCUT2D eigenvalue weighted by atomic mass is 9.93. The third kappa shape index (κ3) is 2.09. The molecule has 2 aliphatic carbocycles. The Hall–Kier alpha value is -1.64. The number of ether oxygens (including phenoxy) is 2. The largest absolute Gasteiger partial charge is 0.376 e. The zero-order valence-corrected chi connectivity index (χ0v) is 14.4. The summed E-state index contributed by atoms with van der Waals surface area (Å²) in [5.41, 5.74) is 5.55. The second kappa shape index (κ2) is 4.93. The van der Waals surface area contributed by atoms with Crippen molar-refractivity contribution in [2.75, 3.05) is 13.2 Å². The fourth-order valence-electron chi connectivity index (χ4n) is 4.33. The molecule has 0 N–H and O–H groups in total. The molecule has 4 atom stereocenters. The van der Waals surface area contributed by atoms with E-state index in [0.717, 1.165) is 26.1 Å². The van der Waals surface area contributed by atoms with Gasteiger partial charge in [0.15, 0.2) is 0 Å². The molecule has 1 aliphatic heterocycles.